The Bertz CT molecular complexity index is 914. The van der Waals surface area contributed by atoms with E-state index in [9.17, 15) is 13.2 Å². The summed E-state index contributed by atoms with van der Waals surface area (Å²) in [7, 11) is -3.60. The maximum atomic E-state index is 12.7. The predicted octanol–water partition coefficient (Wildman–Crippen LogP) is 2.52. The van der Waals surface area contributed by atoms with Crippen molar-refractivity contribution in [2.45, 2.75) is 4.90 Å². The quantitative estimate of drug-likeness (QED) is 0.701. The van der Waals surface area contributed by atoms with E-state index >= 15 is 0 Å². The topological polar surface area (TPSA) is 87.7 Å². The highest BCUT2D eigenvalue weighted by atomic mass is 79.9. The number of rotatable bonds is 6. The van der Waals surface area contributed by atoms with Crippen molar-refractivity contribution in [2.24, 2.45) is 0 Å². The fraction of sp³-hybridized carbons (Fsp3) is 0.278. The summed E-state index contributed by atoms with van der Waals surface area (Å²) in [6.45, 7) is 1.49. The molecule has 1 aliphatic rings. The number of sulfonamides is 1. The van der Waals surface area contributed by atoms with Crippen LogP contribution in [0.1, 0.15) is 0 Å². The molecule has 144 valence electrons. The van der Waals surface area contributed by atoms with Crippen LogP contribution in [0.2, 0.25) is 0 Å². The number of hydrogen-bond donors (Lipinski definition) is 2. The fourth-order valence-electron chi connectivity index (χ4n) is 2.66. The molecule has 0 bridgehead atoms. The molecule has 2 aromatic carbocycles. The Morgan fingerprint density at radius 2 is 1.85 bits per heavy atom. The molecule has 0 aromatic heterocycles. The van der Waals surface area contributed by atoms with Crippen LogP contribution < -0.4 is 10.6 Å². The minimum Gasteiger partial charge on any atom is -0.379 e. The Kier molecular flexibility index (Phi) is 6.48. The van der Waals surface area contributed by atoms with Gasteiger partial charge in [0.05, 0.1) is 24.7 Å². The van der Waals surface area contributed by atoms with Crippen LogP contribution in [0.5, 0.6) is 0 Å². The van der Waals surface area contributed by atoms with Crippen LogP contribution >= 0.6 is 15.9 Å². The first kappa shape index (κ1) is 19.8. The Morgan fingerprint density at radius 1 is 1.11 bits per heavy atom. The van der Waals surface area contributed by atoms with Gasteiger partial charge in [0.1, 0.15) is 0 Å². The molecule has 0 saturated carbocycles. The van der Waals surface area contributed by atoms with Crippen LogP contribution in [0.4, 0.5) is 11.4 Å². The number of ether oxygens (including phenoxy) is 1. The van der Waals surface area contributed by atoms with Crippen molar-refractivity contribution in [1.29, 1.82) is 0 Å². The van der Waals surface area contributed by atoms with Crippen LogP contribution in [0.15, 0.2) is 57.9 Å². The predicted molar refractivity (Wildman–Crippen MR) is 107 cm³/mol. The normalized spacial score (nSPS) is 15.3. The summed E-state index contributed by atoms with van der Waals surface area (Å²) in [5, 5.41) is 5.75. The van der Waals surface area contributed by atoms with Gasteiger partial charge in [0.15, 0.2) is 0 Å². The second kappa shape index (κ2) is 8.83. The second-order valence-corrected chi connectivity index (χ2v) is 8.72. The summed E-state index contributed by atoms with van der Waals surface area (Å²) in [6.07, 6.45) is 0. The molecule has 27 heavy (non-hydrogen) atoms. The molecule has 3 rings (SSSR count). The number of carbonyl (C=O) groups is 1. The van der Waals surface area contributed by atoms with E-state index in [1.807, 2.05) is 24.3 Å². The van der Waals surface area contributed by atoms with E-state index < -0.39 is 10.0 Å². The zero-order chi connectivity index (χ0) is 19.3. The Balaban J connectivity index is 1.65. The lowest BCUT2D eigenvalue weighted by molar-refractivity contribution is -0.114. The van der Waals surface area contributed by atoms with Crippen molar-refractivity contribution in [1.82, 2.24) is 4.31 Å². The maximum absolute atomic E-state index is 12.7. The first-order valence-electron chi connectivity index (χ1n) is 8.43. The summed E-state index contributed by atoms with van der Waals surface area (Å²) in [5.74, 6) is -0.272. The molecule has 1 aliphatic heterocycles. The van der Waals surface area contributed by atoms with Crippen molar-refractivity contribution < 1.29 is 17.9 Å². The smallest absolute Gasteiger partial charge is 0.243 e. The molecular weight excluding hydrogens is 434 g/mol. The number of hydrogen-bond acceptors (Lipinski definition) is 5. The van der Waals surface area contributed by atoms with Gasteiger partial charge in [-0.25, -0.2) is 8.42 Å². The first-order chi connectivity index (χ1) is 13.0. The first-order valence-corrected chi connectivity index (χ1v) is 10.7. The van der Waals surface area contributed by atoms with Gasteiger partial charge in [-0.3, -0.25) is 4.79 Å². The number of nitrogens with zero attached hydrogens (tertiary/aromatic N) is 1. The van der Waals surface area contributed by atoms with E-state index in [-0.39, 0.29) is 17.3 Å². The molecule has 9 heteroatoms. The number of nitrogens with one attached hydrogen (secondary N) is 2. The zero-order valence-electron chi connectivity index (χ0n) is 14.5. The summed E-state index contributed by atoms with van der Waals surface area (Å²) < 4.78 is 32.9. The molecule has 0 atom stereocenters. The number of amides is 1. The lowest BCUT2D eigenvalue weighted by Gasteiger charge is -2.26. The standard InChI is InChI=1S/C18H20BrN3O4S/c19-16-6-1-2-7-17(16)20-13-18(23)21-14-4-3-5-15(12-14)27(24,25)22-8-10-26-11-9-22/h1-7,12,20H,8-11,13H2,(H,21,23). The van der Waals surface area contributed by atoms with Crippen LogP contribution in [0.25, 0.3) is 0 Å². The Morgan fingerprint density at radius 3 is 2.59 bits per heavy atom. The fourth-order valence-corrected chi connectivity index (χ4v) is 4.53. The monoisotopic (exact) mass is 453 g/mol. The van der Waals surface area contributed by atoms with E-state index in [2.05, 4.69) is 26.6 Å². The van der Waals surface area contributed by atoms with E-state index in [1.54, 1.807) is 12.1 Å². The lowest BCUT2D eigenvalue weighted by atomic mass is 10.3. The average molecular weight is 454 g/mol. The maximum Gasteiger partial charge on any atom is 0.243 e. The van der Waals surface area contributed by atoms with Gasteiger partial charge in [-0.1, -0.05) is 18.2 Å². The van der Waals surface area contributed by atoms with Gasteiger partial charge in [-0.05, 0) is 46.3 Å². The Labute approximate surface area is 166 Å². The average Bonchev–Trinajstić information content (AvgIpc) is 2.68. The van der Waals surface area contributed by atoms with Crippen molar-refractivity contribution in [3.8, 4) is 0 Å². The van der Waals surface area contributed by atoms with Crippen molar-refractivity contribution in [2.75, 3.05) is 43.5 Å². The molecule has 0 aliphatic carbocycles. The number of para-hydroxylation sites is 1. The molecule has 7 nitrogen and oxygen atoms in total. The van der Waals surface area contributed by atoms with Gasteiger partial charge in [0, 0.05) is 28.9 Å². The molecule has 1 saturated heterocycles. The van der Waals surface area contributed by atoms with Gasteiger partial charge in [-0.15, -0.1) is 0 Å². The van der Waals surface area contributed by atoms with Crippen molar-refractivity contribution in [3.05, 3.63) is 53.0 Å². The molecule has 2 N–H and O–H groups in total. The summed E-state index contributed by atoms with van der Waals surface area (Å²) in [6, 6.07) is 13.8. The number of carbonyl (C=O) groups excluding carboxylic acids is 1. The highest BCUT2D eigenvalue weighted by Crippen LogP contribution is 2.22. The lowest BCUT2D eigenvalue weighted by Crippen LogP contribution is -2.40. The van der Waals surface area contributed by atoms with Gasteiger partial charge in [0.25, 0.3) is 0 Å². The summed E-state index contributed by atoms with van der Waals surface area (Å²) >= 11 is 3.41. The molecular formula is C18H20BrN3O4S. The summed E-state index contributed by atoms with van der Waals surface area (Å²) in [4.78, 5) is 12.3. The van der Waals surface area contributed by atoms with Crippen LogP contribution in [-0.2, 0) is 19.6 Å². The largest absolute Gasteiger partial charge is 0.379 e. The number of anilines is 2. The molecule has 0 unspecified atom stereocenters. The van der Waals surface area contributed by atoms with Crippen LogP contribution in [-0.4, -0.2) is 51.5 Å². The molecule has 0 radical (unpaired) electrons. The number of halogens is 1. The second-order valence-electron chi connectivity index (χ2n) is 5.93. The van der Waals surface area contributed by atoms with E-state index in [4.69, 9.17) is 4.74 Å². The highest BCUT2D eigenvalue weighted by Gasteiger charge is 2.26. The zero-order valence-corrected chi connectivity index (χ0v) is 16.9. The third-order valence-corrected chi connectivity index (χ3v) is 6.63. The minimum atomic E-state index is -3.60. The molecule has 1 amide bonds. The highest BCUT2D eigenvalue weighted by molar-refractivity contribution is 9.10. The van der Waals surface area contributed by atoms with Crippen LogP contribution in [0, 0.1) is 0 Å². The van der Waals surface area contributed by atoms with Crippen molar-refractivity contribution >= 4 is 43.2 Å². The van der Waals surface area contributed by atoms with Gasteiger partial charge < -0.3 is 15.4 Å². The third-order valence-electron chi connectivity index (χ3n) is 4.04. The molecule has 0 spiro atoms. The van der Waals surface area contributed by atoms with E-state index in [0.29, 0.717) is 32.0 Å². The summed E-state index contributed by atoms with van der Waals surface area (Å²) in [5.41, 5.74) is 1.24. The van der Waals surface area contributed by atoms with Crippen LogP contribution in [0.3, 0.4) is 0 Å². The van der Waals surface area contributed by atoms with Gasteiger partial charge in [0.2, 0.25) is 15.9 Å². The molecule has 2 aromatic rings. The molecule has 1 fully saturated rings. The number of benzene rings is 2. The van der Waals surface area contributed by atoms with Gasteiger partial charge >= 0.3 is 0 Å². The third kappa shape index (κ3) is 5.07. The van der Waals surface area contributed by atoms with Crippen molar-refractivity contribution in [3.63, 3.8) is 0 Å². The van der Waals surface area contributed by atoms with E-state index in [0.717, 1.165) is 10.2 Å². The number of morpholine rings is 1. The SMILES string of the molecule is O=C(CNc1ccccc1Br)Nc1cccc(S(=O)(=O)N2CCOCC2)c1. The van der Waals surface area contributed by atoms with E-state index in [1.165, 1.54) is 16.4 Å². The Hall–Kier alpha value is -1.94. The molecule has 1 heterocycles. The minimum absolute atomic E-state index is 0.0586. The van der Waals surface area contributed by atoms with Gasteiger partial charge in [-0.2, -0.15) is 4.31 Å².